The van der Waals surface area contributed by atoms with E-state index in [0.717, 1.165) is 19.1 Å². The van der Waals surface area contributed by atoms with Gasteiger partial charge in [0, 0.05) is 0 Å². The summed E-state index contributed by atoms with van der Waals surface area (Å²) in [7, 11) is 0. The number of carbonyl (C=O) groups excluding carboxylic acids is 2. The highest BCUT2D eigenvalue weighted by Crippen LogP contribution is 2.09. The van der Waals surface area contributed by atoms with Gasteiger partial charge >= 0.3 is 11.9 Å². The van der Waals surface area contributed by atoms with Crippen LogP contribution in [0.1, 0.15) is 40.5 Å². The van der Waals surface area contributed by atoms with E-state index < -0.39 is 11.9 Å². The van der Waals surface area contributed by atoms with E-state index in [1.165, 1.54) is 6.07 Å². The van der Waals surface area contributed by atoms with Crippen LogP contribution in [0.2, 0.25) is 0 Å². The Balaban J connectivity index is 2.72. The summed E-state index contributed by atoms with van der Waals surface area (Å²) in [6.07, 6.45) is 2.83. The molecule has 1 aromatic rings. The fourth-order valence-corrected chi connectivity index (χ4v) is 1.31. The van der Waals surface area contributed by atoms with E-state index in [9.17, 15) is 9.59 Å². The molecular formula is C14H16O4. The summed E-state index contributed by atoms with van der Waals surface area (Å²) in [6.45, 7) is 5.70. The van der Waals surface area contributed by atoms with Crippen LogP contribution < -0.4 is 0 Å². The van der Waals surface area contributed by atoms with Crippen LogP contribution in [0.15, 0.2) is 37.1 Å². The highest BCUT2D eigenvalue weighted by Gasteiger charge is 2.11. The molecule has 4 heteroatoms. The first-order valence-electron chi connectivity index (χ1n) is 5.78. The van der Waals surface area contributed by atoms with Gasteiger partial charge in [-0.1, -0.05) is 26.0 Å². The monoisotopic (exact) mass is 248 g/mol. The normalized spacial score (nSPS) is 9.61. The molecule has 1 rings (SSSR count). The van der Waals surface area contributed by atoms with Gasteiger partial charge in [0.05, 0.1) is 24.0 Å². The van der Waals surface area contributed by atoms with Gasteiger partial charge in [-0.2, -0.15) is 0 Å². The summed E-state index contributed by atoms with van der Waals surface area (Å²) < 4.78 is 9.69. The number of benzene rings is 1. The van der Waals surface area contributed by atoms with Crippen molar-refractivity contribution in [2.45, 2.75) is 19.8 Å². The molecule has 0 N–H and O–H groups in total. The Morgan fingerprint density at radius 3 is 2.56 bits per heavy atom. The zero-order valence-corrected chi connectivity index (χ0v) is 10.3. The standard InChI is InChI=1S/C14H16O4/c1-3-5-9-18-14(16)12-8-6-7-11(10-12)13(15)17-4-2/h4,6-8,10H,2-3,5,9H2,1H3. The highest BCUT2D eigenvalue weighted by atomic mass is 16.5. The van der Waals surface area contributed by atoms with Crippen LogP contribution in [0.5, 0.6) is 0 Å². The summed E-state index contributed by atoms with van der Waals surface area (Å²) in [5.41, 5.74) is 0.629. The van der Waals surface area contributed by atoms with Crippen LogP contribution in [0.4, 0.5) is 0 Å². The molecule has 0 saturated heterocycles. The first-order chi connectivity index (χ1) is 8.69. The molecule has 0 bridgehead atoms. The van der Waals surface area contributed by atoms with Crippen LogP contribution >= 0.6 is 0 Å². The number of carbonyl (C=O) groups is 2. The topological polar surface area (TPSA) is 52.6 Å². The second kappa shape index (κ2) is 7.27. The minimum absolute atomic E-state index is 0.292. The van der Waals surface area contributed by atoms with E-state index in [-0.39, 0.29) is 0 Å². The number of unbranched alkanes of at least 4 members (excludes halogenated alkanes) is 1. The van der Waals surface area contributed by atoms with Crippen LogP contribution in [0.3, 0.4) is 0 Å². The lowest BCUT2D eigenvalue weighted by molar-refractivity contribution is 0.0499. The van der Waals surface area contributed by atoms with Gasteiger partial charge in [0.2, 0.25) is 0 Å². The van der Waals surface area contributed by atoms with Crippen molar-refractivity contribution in [2.24, 2.45) is 0 Å². The maximum atomic E-state index is 11.7. The lowest BCUT2D eigenvalue weighted by Crippen LogP contribution is -2.08. The van der Waals surface area contributed by atoms with Crippen molar-refractivity contribution in [3.8, 4) is 0 Å². The minimum Gasteiger partial charge on any atom is -0.462 e. The summed E-state index contributed by atoms with van der Waals surface area (Å²) in [5, 5.41) is 0. The van der Waals surface area contributed by atoms with Crippen molar-refractivity contribution in [3.63, 3.8) is 0 Å². The van der Waals surface area contributed by atoms with Crippen molar-refractivity contribution >= 4 is 11.9 Å². The Bertz CT molecular complexity index is 437. The van der Waals surface area contributed by atoms with Crippen LogP contribution in [0, 0.1) is 0 Å². The number of rotatable bonds is 6. The maximum absolute atomic E-state index is 11.7. The third kappa shape index (κ3) is 4.05. The lowest BCUT2D eigenvalue weighted by atomic mass is 10.1. The molecule has 0 fully saturated rings. The van der Waals surface area contributed by atoms with E-state index in [1.54, 1.807) is 18.2 Å². The van der Waals surface area contributed by atoms with Crippen molar-refractivity contribution < 1.29 is 19.1 Å². The number of hydrogen-bond acceptors (Lipinski definition) is 4. The Kier molecular flexibility index (Phi) is 5.64. The fraction of sp³-hybridized carbons (Fsp3) is 0.286. The molecule has 0 aliphatic rings. The Morgan fingerprint density at radius 1 is 1.28 bits per heavy atom. The SMILES string of the molecule is C=COC(=O)c1cccc(C(=O)OCCCC)c1. The molecule has 18 heavy (non-hydrogen) atoms. The number of esters is 2. The van der Waals surface area contributed by atoms with Gasteiger partial charge in [-0.3, -0.25) is 0 Å². The van der Waals surface area contributed by atoms with E-state index >= 15 is 0 Å². The van der Waals surface area contributed by atoms with Gasteiger partial charge in [0.1, 0.15) is 0 Å². The number of ether oxygens (including phenoxy) is 2. The molecular weight excluding hydrogens is 232 g/mol. The van der Waals surface area contributed by atoms with Gasteiger partial charge in [0.25, 0.3) is 0 Å². The molecule has 1 aromatic carbocycles. The third-order valence-electron chi connectivity index (χ3n) is 2.26. The predicted octanol–water partition coefficient (Wildman–Crippen LogP) is 2.94. The zero-order chi connectivity index (χ0) is 13.4. The van der Waals surface area contributed by atoms with Crippen molar-refractivity contribution in [1.29, 1.82) is 0 Å². The molecule has 0 aliphatic heterocycles. The average Bonchev–Trinajstić information content (AvgIpc) is 2.39. The largest absolute Gasteiger partial charge is 0.462 e. The molecule has 0 saturated carbocycles. The summed E-state index contributed by atoms with van der Waals surface area (Å²) in [4.78, 5) is 23.1. The van der Waals surface area contributed by atoms with E-state index in [2.05, 4.69) is 11.3 Å². The first kappa shape index (κ1) is 14.0. The second-order valence-electron chi connectivity index (χ2n) is 3.64. The van der Waals surface area contributed by atoms with Gasteiger partial charge in [-0.15, -0.1) is 0 Å². The molecule has 4 nitrogen and oxygen atoms in total. The molecule has 0 radical (unpaired) electrons. The van der Waals surface area contributed by atoms with Crippen molar-refractivity contribution in [1.82, 2.24) is 0 Å². The summed E-state index contributed by atoms with van der Waals surface area (Å²) in [5.74, 6) is -0.982. The number of hydrogen-bond donors (Lipinski definition) is 0. The van der Waals surface area contributed by atoms with E-state index in [0.29, 0.717) is 17.7 Å². The minimum atomic E-state index is -0.548. The lowest BCUT2D eigenvalue weighted by Gasteiger charge is -2.05. The van der Waals surface area contributed by atoms with Gasteiger partial charge in [-0.05, 0) is 24.6 Å². The smallest absolute Gasteiger partial charge is 0.342 e. The zero-order valence-electron chi connectivity index (χ0n) is 10.3. The Labute approximate surface area is 106 Å². The van der Waals surface area contributed by atoms with Crippen molar-refractivity contribution in [3.05, 3.63) is 48.2 Å². The van der Waals surface area contributed by atoms with Gasteiger partial charge < -0.3 is 9.47 Å². The second-order valence-corrected chi connectivity index (χ2v) is 3.64. The molecule has 0 amide bonds. The molecule has 0 heterocycles. The van der Waals surface area contributed by atoms with Crippen LogP contribution in [-0.2, 0) is 9.47 Å². The summed E-state index contributed by atoms with van der Waals surface area (Å²) >= 11 is 0. The summed E-state index contributed by atoms with van der Waals surface area (Å²) in [6, 6.07) is 6.21. The van der Waals surface area contributed by atoms with Gasteiger partial charge in [0.15, 0.2) is 0 Å². The third-order valence-corrected chi connectivity index (χ3v) is 2.26. The molecule has 96 valence electrons. The maximum Gasteiger partial charge on any atom is 0.342 e. The fourth-order valence-electron chi connectivity index (χ4n) is 1.31. The van der Waals surface area contributed by atoms with Crippen molar-refractivity contribution in [2.75, 3.05) is 6.61 Å². The first-order valence-corrected chi connectivity index (χ1v) is 5.78. The molecule has 0 atom stereocenters. The molecule has 0 unspecified atom stereocenters. The van der Waals surface area contributed by atoms with Gasteiger partial charge in [-0.25, -0.2) is 9.59 Å². The molecule has 0 aromatic heterocycles. The Morgan fingerprint density at radius 2 is 1.94 bits per heavy atom. The van der Waals surface area contributed by atoms with E-state index in [1.807, 2.05) is 6.92 Å². The molecule has 0 spiro atoms. The average molecular weight is 248 g/mol. The molecule has 0 aliphatic carbocycles. The quantitative estimate of drug-likeness (QED) is 0.441. The highest BCUT2D eigenvalue weighted by molar-refractivity contribution is 5.95. The van der Waals surface area contributed by atoms with E-state index in [4.69, 9.17) is 4.74 Å². The Hall–Kier alpha value is -2.10. The predicted molar refractivity (Wildman–Crippen MR) is 67.2 cm³/mol. The van der Waals surface area contributed by atoms with Crippen LogP contribution in [0.25, 0.3) is 0 Å². The van der Waals surface area contributed by atoms with Crippen LogP contribution in [-0.4, -0.2) is 18.5 Å².